The van der Waals surface area contributed by atoms with Gasteiger partial charge in [-0.25, -0.2) is 4.98 Å². The molecule has 0 aliphatic carbocycles. The van der Waals surface area contributed by atoms with E-state index in [0.717, 1.165) is 39.9 Å². The highest BCUT2D eigenvalue weighted by Crippen LogP contribution is 2.34. The quantitative estimate of drug-likeness (QED) is 0.447. The van der Waals surface area contributed by atoms with Crippen LogP contribution in [0.25, 0.3) is 10.2 Å². The fraction of sp³-hybridized carbons (Fsp3) is 0.364. The molecule has 0 N–H and O–H groups in total. The molecule has 0 saturated heterocycles. The van der Waals surface area contributed by atoms with Gasteiger partial charge in [-0.2, -0.15) is 0 Å². The molecule has 0 fully saturated rings. The molecule has 1 aromatic heterocycles. The zero-order valence-electron chi connectivity index (χ0n) is 17.3. The first-order chi connectivity index (χ1) is 14.1. The van der Waals surface area contributed by atoms with Gasteiger partial charge in [0.25, 0.3) is 5.91 Å². The van der Waals surface area contributed by atoms with Gasteiger partial charge in [0.05, 0.1) is 17.3 Å². The van der Waals surface area contributed by atoms with Gasteiger partial charge in [0, 0.05) is 23.5 Å². The SMILES string of the molecule is CCN(CC)CCN(C(=O)c1cccc(OC)c1)c1nc2c(SC)cccc2s1. The molecule has 1 heterocycles. The summed E-state index contributed by atoms with van der Waals surface area (Å²) in [4.78, 5) is 23.5. The molecular weight excluding hydrogens is 402 g/mol. The number of carbonyl (C=O) groups is 1. The Kier molecular flexibility index (Phi) is 7.52. The summed E-state index contributed by atoms with van der Waals surface area (Å²) >= 11 is 3.24. The molecule has 3 aromatic rings. The van der Waals surface area contributed by atoms with Crippen molar-refractivity contribution in [3.63, 3.8) is 0 Å². The number of methoxy groups -OCH3 is 1. The van der Waals surface area contributed by atoms with E-state index in [-0.39, 0.29) is 5.91 Å². The molecule has 2 aromatic carbocycles. The maximum Gasteiger partial charge on any atom is 0.260 e. The van der Waals surface area contributed by atoms with Crippen LogP contribution in [0.4, 0.5) is 5.13 Å². The van der Waals surface area contributed by atoms with E-state index in [1.54, 1.807) is 36.3 Å². The lowest BCUT2D eigenvalue weighted by molar-refractivity contribution is 0.0983. The lowest BCUT2D eigenvalue weighted by Gasteiger charge is -2.24. The zero-order chi connectivity index (χ0) is 20.8. The van der Waals surface area contributed by atoms with Crippen molar-refractivity contribution in [2.75, 3.05) is 44.4 Å². The standard InChI is InChI=1S/C22H27N3O2S2/c1-5-24(6-2)13-14-25(21(26)16-9-7-10-17(15-16)27-3)22-23-20-18(28-4)11-8-12-19(20)29-22/h7-12,15H,5-6,13-14H2,1-4H3. The monoisotopic (exact) mass is 429 g/mol. The number of likely N-dealkylation sites (N-methyl/N-ethyl adjacent to an activating group) is 1. The number of benzene rings is 2. The van der Waals surface area contributed by atoms with Crippen LogP contribution in [0.15, 0.2) is 47.4 Å². The summed E-state index contributed by atoms with van der Waals surface area (Å²) in [6, 6.07) is 13.5. The van der Waals surface area contributed by atoms with Gasteiger partial charge in [-0.3, -0.25) is 9.69 Å². The third kappa shape index (κ3) is 4.91. The van der Waals surface area contributed by atoms with E-state index in [0.29, 0.717) is 17.9 Å². The van der Waals surface area contributed by atoms with E-state index in [1.807, 2.05) is 35.4 Å². The molecule has 0 aliphatic heterocycles. The minimum absolute atomic E-state index is 0.0548. The number of thiazole rings is 1. The van der Waals surface area contributed by atoms with E-state index >= 15 is 0 Å². The van der Waals surface area contributed by atoms with Crippen molar-refractivity contribution < 1.29 is 9.53 Å². The Hall–Kier alpha value is -2.09. The first-order valence-corrected chi connectivity index (χ1v) is 11.8. The van der Waals surface area contributed by atoms with Crippen molar-refractivity contribution in [3.8, 4) is 5.75 Å². The van der Waals surface area contributed by atoms with Gasteiger partial charge < -0.3 is 9.64 Å². The molecule has 0 aliphatic rings. The minimum Gasteiger partial charge on any atom is -0.497 e. The number of carbonyl (C=O) groups excluding carboxylic acids is 1. The van der Waals surface area contributed by atoms with Crippen LogP contribution < -0.4 is 9.64 Å². The van der Waals surface area contributed by atoms with Gasteiger partial charge in [0.2, 0.25) is 0 Å². The van der Waals surface area contributed by atoms with E-state index < -0.39 is 0 Å². The van der Waals surface area contributed by atoms with Crippen molar-refractivity contribution in [3.05, 3.63) is 48.0 Å². The summed E-state index contributed by atoms with van der Waals surface area (Å²) in [6.07, 6.45) is 2.05. The molecule has 154 valence electrons. The van der Waals surface area contributed by atoms with Crippen molar-refractivity contribution in [2.45, 2.75) is 18.7 Å². The summed E-state index contributed by atoms with van der Waals surface area (Å²) in [5.41, 5.74) is 1.57. The number of aromatic nitrogens is 1. The average Bonchev–Trinajstić information content (AvgIpc) is 3.20. The van der Waals surface area contributed by atoms with Crippen LogP contribution >= 0.6 is 23.1 Å². The summed E-state index contributed by atoms with van der Waals surface area (Å²) in [5.74, 6) is 0.620. The smallest absolute Gasteiger partial charge is 0.260 e. The second-order valence-corrected chi connectivity index (χ2v) is 8.38. The third-order valence-electron chi connectivity index (χ3n) is 4.92. The Labute approximate surface area is 180 Å². The molecule has 7 heteroatoms. The molecule has 1 amide bonds. The Morgan fingerprint density at radius 1 is 1.14 bits per heavy atom. The maximum absolute atomic E-state index is 13.4. The van der Waals surface area contributed by atoms with Crippen LogP contribution in [0, 0.1) is 0 Å². The van der Waals surface area contributed by atoms with Crippen molar-refractivity contribution >= 4 is 44.4 Å². The largest absolute Gasteiger partial charge is 0.497 e. The van der Waals surface area contributed by atoms with Gasteiger partial charge in [-0.15, -0.1) is 11.8 Å². The molecule has 0 saturated carbocycles. The average molecular weight is 430 g/mol. The fourth-order valence-electron chi connectivity index (χ4n) is 3.17. The number of nitrogens with zero attached hydrogens (tertiary/aromatic N) is 3. The Bertz CT molecular complexity index is 970. The van der Waals surface area contributed by atoms with E-state index in [4.69, 9.17) is 9.72 Å². The highest BCUT2D eigenvalue weighted by molar-refractivity contribution is 7.98. The van der Waals surface area contributed by atoms with Gasteiger partial charge >= 0.3 is 0 Å². The third-order valence-corrected chi connectivity index (χ3v) is 6.73. The molecule has 29 heavy (non-hydrogen) atoms. The van der Waals surface area contributed by atoms with Crippen LogP contribution in [0.1, 0.15) is 24.2 Å². The minimum atomic E-state index is -0.0548. The summed E-state index contributed by atoms with van der Waals surface area (Å²) < 4.78 is 6.40. The molecule has 0 radical (unpaired) electrons. The number of fused-ring (bicyclic) bond motifs is 1. The lowest BCUT2D eigenvalue weighted by Crippen LogP contribution is -2.38. The van der Waals surface area contributed by atoms with Gasteiger partial charge in [-0.1, -0.05) is 37.3 Å². The van der Waals surface area contributed by atoms with E-state index in [1.165, 1.54) is 0 Å². The fourth-order valence-corrected chi connectivity index (χ4v) is 4.81. The molecule has 0 atom stereocenters. The van der Waals surface area contributed by atoms with Crippen LogP contribution in [0.5, 0.6) is 5.75 Å². The number of hydrogen-bond acceptors (Lipinski definition) is 6. The molecule has 0 bridgehead atoms. The normalized spacial score (nSPS) is 11.2. The number of para-hydroxylation sites is 1. The number of amides is 1. The second-order valence-electron chi connectivity index (χ2n) is 6.52. The predicted octanol–water partition coefficient (Wildman–Crippen LogP) is 5.02. The van der Waals surface area contributed by atoms with Crippen molar-refractivity contribution in [1.82, 2.24) is 9.88 Å². The van der Waals surface area contributed by atoms with Crippen molar-refractivity contribution in [1.29, 1.82) is 0 Å². The van der Waals surface area contributed by atoms with Crippen LogP contribution in [-0.4, -0.2) is 55.3 Å². The van der Waals surface area contributed by atoms with E-state index in [2.05, 4.69) is 30.9 Å². The Morgan fingerprint density at radius 2 is 1.90 bits per heavy atom. The highest BCUT2D eigenvalue weighted by atomic mass is 32.2. The number of rotatable bonds is 9. The van der Waals surface area contributed by atoms with Crippen LogP contribution in [-0.2, 0) is 0 Å². The van der Waals surface area contributed by atoms with Gasteiger partial charge in [0.1, 0.15) is 5.75 Å². The molecule has 0 unspecified atom stereocenters. The van der Waals surface area contributed by atoms with Crippen LogP contribution in [0.2, 0.25) is 0 Å². The number of anilines is 1. The summed E-state index contributed by atoms with van der Waals surface area (Å²) in [7, 11) is 1.61. The lowest BCUT2D eigenvalue weighted by atomic mass is 10.2. The topological polar surface area (TPSA) is 45.7 Å². The number of ether oxygens (including phenoxy) is 1. The first kappa shape index (κ1) is 21.6. The van der Waals surface area contributed by atoms with Gasteiger partial charge in [-0.05, 0) is 49.7 Å². The highest BCUT2D eigenvalue weighted by Gasteiger charge is 2.23. The number of hydrogen-bond donors (Lipinski definition) is 0. The maximum atomic E-state index is 13.4. The second kappa shape index (κ2) is 10.1. The Balaban J connectivity index is 1.99. The molecular formula is C22H27N3O2S2. The van der Waals surface area contributed by atoms with Gasteiger partial charge in [0.15, 0.2) is 5.13 Å². The summed E-state index contributed by atoms with van der Waals surface area (Å²) in [6.45, 7) is 7.57. The van der Waals surface area contributed by atoms with Crippen molar-refractivity contribution in [2.24, 2.45) is 0 Å². The molecule has 3 rings (SSSR count). The predicted molar refractivity (Wildman–Crippen MR) is 124 cm³/mol. The first-order valence-electron chi connectivity index (χ1n) is 9.73. The molecule has 5 nitrogen and oxygen atoms in total. The number of thioether (sulfide) groups is 1. The Morgan fingerprint density at radius 3 is 2.59 bits per heavy atom. The summed E-state index contributed by atoms with van der Waals surface area (Å²) in [5, 5.41) is 0.737. The van der Waals surface area contributed by atoms with Crippen LogP contribution in [0.3, 0.4) is 0 Å². The molecule has 0 spiro atoms. The van der Waals surface area contributed by atoms with E-state index in [9.17, 15) is 4.79 Å². The zero-order valence-corrected chi connectivity index (χ0v) is 19.0.